The number of benzene rings is 3. The number of anilines is 2. The average molecular weight is 472 g/mol. The van der Waals surface area contributed by atoms with Gasteiger partial charge in [-0.2, -0.15) is 0 Å². The molecular formula is C24H23F2N3O3S. The lowest BCUT2D eigenvalue weighted by molar-refractivity contribution is 0.192. The zero-order valence-electron chi connectivity index (χ0n) is 18.0. The molecule has 2 amide bonds. The standard InChI is InChI=1S/C24H23F2N3O3S/c1-17-8-11-23(22(14-17)27-33(31,32)20-6-3-2-4-7-20)29-13-5-12-28(24(29)30)16-18-9-10-19(25)15-21(18)26/h2-4,6-11,14-15,27H,5,12-13,16H2,1H3. The lowest BCUT2D eigenvalue weighted by Crippen LogP contribution is -2.49. The van der Waals surface area contributed by atoms with Gasteiger partial charge in [0.1, 0.15) is 11.6 Å². The molecule has 1 N–H and O–H groups in total. The second kappa shape index (κ2) is 9.19. The highest BCUT2D eigenvalue weighted by atomic mass is 32.2. The van der Waals surface area contributed by atoms with E-state index < -0.39 is 21.7 Å². The molecule has 0 atom stereocenters. The monoisotopic (exact) mass is 471 g/mol. The van der Waals surface area contributed by atoms with Crippen molar-refractivity contribution in [2.45, 2.75) is 24.8 Å². The lowest BCUT2D eigenvalue weighted by Gasteiger charge is -2.36. The summed E-state index contributed by atoms with van der Waals surface area (Å²) in [6, 6.07) is 16.0. The molecule has 33 heavy (non-hydrogen) atoms. The second-order valence-corrected chi connectivity index (χ2v) is 9.57. The Hall–Kier alpha value is -3.46. The predicted octanol–water partition coefficient (Wildman–Crippen LogP) is 4.91. The molecule has 0 spiro atoms. The zero-order valence-corrected chi connectivity index (χ0v) is 18.8. The van der Waals surface area contributed by atoms with Crippen molar-refractivity contribution in [3.05, 3.63) is 89.5 Å². The summed E-state index contributed by atoms with van der Waals surface area (Å²) in [4.78, 5) is 16.3. The topological polar surface area (TPSA) is 69.7 Å². The van der Waals surface area contributed by atoms with Gasteiger partial charge in [0.05, 0.1) is 22.8 Å². The van der Waals surface area contributed by atoms with Crippen molar-refractivity contribution in [1.82, 2.24) is 4.90 Å². The fourth-order valence-electron chi connectivity index (χ4n) is 3.78. The van der Waals surface area contributed by atoms with Crippen LogP contribution in [0.15, 0.2) is 71.6 Å². The van der Waals surface area contributed by atoms with E-state index in [-0.39, 0.29) is 28.7 Å². The van der Waals surface area contributed by atoms with Crippen molar-refractivity contribution >= 4 is 27.4 Å². The number of halogens is 2. The maximum atomic E-state index is 14.1. The number of urea groups is 1. The van der Waals surface area contributed by atoms with E-state index in [0.717, 1.165) is 17.7 Å². The molecule has 1 aliphatic rings. The molecule has 172 valence electrons. The van der Waals surface area contributed by atoms with E-state index in [0.29, 0.717) is 25.2 Å². The fraction of sp³-hybridized carbons (Fsp3) is 0.208. The maximum absolute atomic E-state index is 14.1. The molecule has 3 aromatic carbocycles. The number of carbonyl (C=O) groups excluding carboxylic acids is 1. The number of amides is 2. The molecule has 0 aliphatic carbocycles. The minimum absolute atomic E-state index is 0.0155. The largest absolute Gasteiger partial charge is 0.324 e. The molecule has 3 aromatic rings. The summed E-state index contributed by atoms with van der Waals surface area (Å²) >= 11 is 0. The SMILES string of the molecule is Cc1ccc(N2CCCN(Cc3ccc(F)cc3F)C2=O)c(NS(=O)(=O)c2ccccc2)c1. The van der Waals surface area contributed by atoms with Gasteiger partial charge in [-0.05, 0) is 49.2 Å². The molecule has 0 unspecified atom stereocenters. The fourth-order valence-corrected chi connectivity index (χ4v) is 4.86. The molecule has 0 radical (unpaired) electrons. The van der Waals surface area contributed by atoms with Crippen molar-refractivity contribution in [3.63, 3.8) is 0 Å². The molecule has 1 heterocycles. The first-order valence-electron chi connectivity index (χ1n) is 10.4. The van der Waals surface area contributed by atoms with Crippen LogP contribution in [0.2, 0.25) is 0 Å². The number of aryl methyl sites for hydroxylation is 1. The molecule has 9 heteroatoms. The lowest BCUT2D eigenvalue weighted by atomic mass is 10.1. The van der Waals surface area contributed by atoms with Crippen LogP contribution >= 0.6 is 0 Å². The molecular weight excluding hydrogens is 448 g/mol. The molecule has 1 aliphatic heterocycles. The summed E-state index contributed by atoms with van der Waals surface area (Å²) in [5.41, 5.74) is 1.72. The van der Waals surface area contributed by atoms with Crippen LogP contribution in [0.5, 0.6) is 0 Å². The molecule has 6 nitrogen and oxygen atoms in total. The smallest absolute Gasteiger partial charge is 0.320 e. The van der Waals surface area contributed by atoms with Gasteiger partial charge in [-0.1, -0.05) is 30.3 Å². The van der Waals surface area contributed by atoms with E-state index in [4.69, 9.17) is 0 Å². The van der Waals surface area contributed by atoms with Crippen molar-refractivity contribution in [2.24, 2.45) is 0 Å². The van der Waals surface area contributed by atoms with Crippen LogP contribution in [-0.4, -0.2) is 32.4 Å². The highest BCUT2D eigenvalue weighted by molar-refractivity contribution is 7.92. The maximum Gasteiger partial charge on any atom is 0.324 e. The third-order valence-electron chi connectivity index (χ3n) is 5.43. The Morgan fingerprint density at radius 2 is 1.73 bits per heavy atom. The summed E-state index contributed by atoms with van der Waals surface area (Å²) in [5, 5.41) is 0. The van der Waals surface area contributed by atoms with Crippen LogP contribution in [-0.2, 0) is 16.6 Å². The molecule has 1 fully saturated rings. The van der Waals surface area contributed by atoms with Gasteiger partial charge in [-0.15, -0.1) is 0 Å². The first-order valence-corrected chi connectivity index (χ1v) is 11.9. The van der Waals surface area contributed by atoms with Crippen LogP contribution < -0.4 is 9.62 Å². The van der Waals surface area contributed by atoms with Gasteiger partial charge >= 0.3 is 6.03 Å². The number of nitrogens with one attached hydrogen (secondary N) is 1. The predicted molar refractivity (Wildman–Crippen MR) is 123 cm³/mol. The van der Waals surface area contributed by atoms with Gasteiger partial charge in [-0.3, -0.25) is 9.62 Å². The first-order chi connectivity index (χ1) is 15.7. The zero-order chi connectivity index (χ0) is 23.6. The van der Waals surface area contributed by atoms with Crippen LogP contribution in [0.4, 0.5) is 25.0 Å². The summed E-state index contributed by atoms with van der Waals surface area (Å²) in [6.45, 7) is 2.59. The van der Waals surface area contributed by atoms with Gasteiger partial charge in [0, 0.05) is 24.7 Å². The minimum Gasteiger partial charge on any atom is -0.320 e. The Morgan fingerprint density at radius 1 is 0.970 bits per heavy atom. The third kappa shape index (κ3) is 4.98. The number of hydrogen-bond acceptors (Lipinski definition) is 3. The first kappa shape index (κ1) is 22.7. The molecule has 0 bridgehead atoms. The Balaban J connectivity index is 1.62. The van der Waals surface area contributed by atoms with Crippen LogP contribution in [0.25, 0.3) is 0 Å². The summed E-state index contributed by atoms with van der Waals surface area (Å²) in [7, 11) is -3.87. The van der Waals surface area contributed by atoms with Gasteiger partial charge in [0.15, 0.2) is 0 Å². The van der Waals surface area contributed by atoms with Gasteiger partial charge < -0.3 is 4.90 Å². The van der Waals surface area contributed by atoms with Crippen molar-refractivity contribution < 1.29 is 22.0 Å². The highest BCUT2D eigenvalue weighted by Gasteiger charge is 2.30. The Kier molecular flexibility index (Phi) is 6.33. The quantitative estimate of drug-likeness (QED) is 0.556. The van der Waals surface area contributed by atoms with Crippen LogP contribution in [0, 0.1) is 18.6 Å². The van der Waals surface area contributed by atoms with Gasteiger partial charge in [-0.25, -0.2) is 22.0 Å². The molecule has 0 aromatic heterocycles. The van der Waals surface area contributed by atoms with E-state index >= 15 is 0 Å². The molecule has 1 saturated heterocycles. The normalized spacial score (nSPS) is 14.5. The number of carbonyl (C=O) groups is 1. The number of nitrogens with zero attached hydrogens (tertiary/aromatic N) is 2. The summed E-state index contributed by atoms with van der Waals surface area (Å²) in [5.74, 6) is -1.40. The summed E-state index contributed by atoms with van der Waals surface area (Å²) < 4.78 is 55.8. The summed E-state index contributed by atoms with van der Waals surface area (Å²) in [6.07, 6.45) is 0.604. The number of hydrogen-bond donors (Lipinski definition) is 1. The number of rotatable bonds is 6. The highest BCUT2D eigenvalue weighted by Crippen LogP contribution is 2.32. The molecule has 0 saturated carbocycles. The van der Waals surface area contributed by atoms with E-state index in [1.54, 1.807) is 36.4 Å². The van der Waals surface area contributed by atoms with Gasteiger partial charge in [0.25, 0.3) is 10.0 Å². The van der Waals surface area contributed by atoms with Crippen LogP contribution in [0.3, 0.4) is 0 Å². The Morgan fingerprint density at radius 3 is 2.45 bits per heavy atom. The Bertz CT molecular complexity index is 1280. The van der Waals surface area contributed by atoms with Crippen molar-refractivity contribution in [1.29, 1.82) is 0 Å². The van der Waals surface area contributed by atoms with Crippen molar-refractivity contribution in [3.8, 4) is 0 Å². The Labute approximate surface area is 191 Å². The average Bonchev–Trinajstić information content (AvgIpc) is 2.78. The van der Waals surface area contributed by atoms with Crippen molar-refractivity contribution in [2.75, 3.05) is 22.7 Å². The molecule has 4 rings (SSSR count). The second-order valence-electron chi connectivity index (χ2n) is 7.88. The van der Waals surface area contributed by atoms with Gasteiger partial charge in [0.2, 0.25) is 0 Å². The minimum atomic E-state index is -3.87. The third-order valence-corrected chi connectivity index (χ3v) is 6.81. The number of sulfonamides is 1. The van der Waals surface area contributed by atoms with Crippen LogP contribution in [0.1, 0.15) is 17.5 Å². The van der Waals surface area contributed by atoms with E-state index in [1.807, 2.05) is 6.92 Å². The van der Waals surface area contributed by atoms with E-state index in [1.165, 1.54) is 28.0 Å². The van der Waals surface area contributed by atoms with E-state index in [9.17, 15) is 22.0 Å². The van der Waals surface area contributed by atoms with E-state index in [2.05, 4.69) is 4.72 Å².